The highest BCUT2D eigenvalue weighted by atomic mass is 32.2. The molecule has 10 heteroatoms. The van der Waals surface area contributed by atoms with Gasteiger partial charge in [-0.2, -0.15) is 0 Å². The average Bonchev–Trinajstić information content (AvgIpc) is 3.03. The zero-order valence-corrected chi connectivity index (χ0v) is 16.7. The number of rotatable bonds is 7. The number of hydrogen-bond acceptors (Lipinski definition) is 7. The summed E-state index contributed by atoms with van der Waals surface area (Å²) in [6.45, 7) is 6.00. The van der Waals surface area contributed by atoms with Crippen LogP contribution in [0.4, 0.5) is 5.13 Å². The first kappa shape index (κ1) is 20.3. The van der Waals surface area contributed by atoms with E-state index < -0.39 is 10.0 Å². The molecule has 2 N–H and O–H groups in total. The van der Waals surface area contributed by atoms with Crippen molar-refractivity contribution in [3.63, 3.8) is 0 Å². The number of hydrogen-bond donors (Lipinski definition) is 2. The number of sulfonamides is 1. The zero-order chi connectivity index (χ0) is 19.4. The van der Waals surface area contributed by atoms with Crippen LogP contribution in [0.3, 0.4) is 0 Å². The minimum absolute atomic E-state index is 0.0141. The first-order valence-corrected chi connectivity index (χ1v) is 10.2. The van der Waals surface area contributed by atoms with Gasteiger partial charge in [0.2, 0.25) is 21.1 Å². The summed E-state index contributed by atoms with van der Waals surface area (Å²) in [5, 5.41) is 11.8. The number of nitrogens with zero attached hydrogens (tertiary/aromatic N) is 2. The van der Waals surface area contributed by atoms with E-state index in [0.717, 1.165) is 5.01 Å². The van der Waals surface area contributed by atoms with Crippen LogP contribution in [0.2, 0.25) is 0 Å². The number of carbonyl (C=O) groups is 1. The van der Waals surface area contributed by atoms with Gasteiger partial charge in [-0.3, -0.25) is 4.79 Å². The predicted molar refractivity (Wildman–Crippen MR) is 100 cm³/mol. The number of ether oxygens (including phenoxy) is 1. The van der Waals surface area contributed by atoms with Gasteiger partial charge in [0.05, 0.1) is 12.0 Å². The Labute approximate surface area is 157 Å². The van der Waals surface area contributed by atoms with Gasteiger partial charge in [-0.25, -0.2) is 13.1 Å². The first-order chi connectivity index (χ1) is 12.1. The van der Waals surface area contributed by atoms with Gasteiger partial charge in [0, 0.05) is 18.4 Å². The number of anilines is 1. The average molecular weight is 399 g/mol. The lowest BCUT2D eigenvalue weighted by Gasteiger charge is -2.12. The third-order valence-electron chi connectivity index (χ3n) is 3.33. The topological polar surface area (TPSA) is 110 Å². The standard InChI is InChI=1S/C16H22N4O4S2/c1-16(2,3)14-19-20-15(25-14)18-13(21)9-10-17-26(22,23)12-7-5-11(24-4)6-8-12/h5-8,17H,9-10H2,1-4H3,(H,18,20,21). The molecule has 0 aliphatic carbocycles. The minimum Gasteiger partial charge on any atom is -0.497 e. The third-order valence-corrected chi connectivity index (χ3v) is 6.07. The van der Waals surface area contributed by atoms with Crippen molar-refractivity contribution < 1.29 is 17.9 Å². The number of carbonyl (C=O) groups excluding carboxylic acids is 1. The largest absolute Gasteiger partial charge is 0.497 e. The second-order valence-corrected chi connectivity index (χ2v) is 9.28. The number of benzene rings is 1. The van der Waals surface area contributed by atoms with Crippen LogP contribution in [0.25, 0.3) is 0 Å². The number of nitrogens with one attached hydrogen (secondary N) is 2. The summed E-state index contributed by atoms with van der Waals surface area (Å²) in [7, 11) is -2.18. The van der Waals surface area contributed by atoms with Crippen molar-refractivity contribution in [1.29, 1.82) is 0 Å². The minimum atomic E-state index is -3.68. The maximum Gasteiger partial charge on any atom is 0.240 e. The molecule has 0 bridgehead atoms. The molecule has 1 aromatic carbocycles. The Morgan fingerprint density at radius 2 is 1.85 bits per heavy atom. The van der Waals surface area contributed by atoms with E-state index in [9.17, 15) is 13.2 Å². The Bertz CT molecular complexity index is 855. The second-order valence-electron chi connectivity index (χ2n) is 6.53. The van der Waals surface area contributed by atoms with Gasteiger partial charge in [-0.15, -0.1) is 10.2 Å². The molecule has 0 fully saturated rings. The Morgan fingerprint density at radius 1 is 1.19 bits per heavy atom. The van der Waals surface area contributed by atoms with Gasteiger partial charge < -0.3 is 10.1 Å². The van der Waals surface area contributed by atoms with Crippen LogP contribution in [0.1, 0.15) is 32.2 Å². The highest BCUT2D eigenvalue weighted by Crippen LogP contribution is 2.27. The molecule has 142 valence electrons. The highest BCUT2D eigenvalue weighted by Gasteiger charge is 2.20. The number of amides is 1. The molecule has 26 heavy (non-hydrogen) atoms. The van der Waals surface area contributed by atoms with E-state index in [-0.39, 0.29) is 29.2 Å². The molecular formula is C16H22N4O4S2. The second kappa shape index (κ2) is 8.11. The summed E-state index contributed by atoms with van der Waals surface area (Å²) < 4.78 is 31.8. The highest BCUT2D eigenvalue weighted by molar-refractivity contribution is 7.89. The molecule has 0 unspecified atom stereocenters. The normalized spacial score (nSPS) is 12.0. The molecule has 1 heterocycles. The lowest BCUT2D eigenvalue weighted by molar-refractivity contribution is -0.116. The lowest BCUT2D eigenvalue weighted by Crippen LogP contribution is -2.27. The first-order valence-electron chi connectivity index (χ1n) is 7.89. The van der Waals surface area contributed by atoms with E-state index in [2.05, 4.69) is 20.2 Å². The third kappa shape index (κ3) is 5.48. The lowest BCUT2D eigenvalue weighted by atomic mass is 9.98. The zero-order valence-electron chi connectivity index (χ0n) is 15.1. The van der Waals surface area contributed by atoms with E-state index in [4.69, 9.17) is 4.74 Å². The fraction of sp³-hybridized carbons (Fsp3) is 0.438. The van der Waals surface area contributed by atoms with Crippen molar-refractivity contribution in [2.24, 2.45) is 0 Å². The molecule has 0 aliphatic rings. The summed E-state index contributed by atoms with van der Waals surface area (Å²) in [5.74, 6) is 0.231. The van der Waals surface area contributed by atoms with Crippen LogP contribution < -0.4 is 14.8 Å². The number of methoxy groups -OCH3 is 1. The quantitative estimate of drug-likeness (QED) is 0.739. The van der Waals surface area contributed by atoms with Crippen LogP contribution >= 0.6 is 11.3 Å². The number of aromatic nitrogens is 2. The van der Waals surface area contributed by atoms with Crippen molar-refractivity contribution in [3.05, 3.63) is 29.3 Å². The molecule has 0 spiro atoms. The van der Waals surface area contributed by atoms with Crippen LogP contribution in [0, 0.1) is 0 Å². The SMILES string of the molecule is COc1ccc(S(=O)(=O)NCCC(=O)Nc2nnc(C(C)(C)C)s2)cc1. The van der Waals surface area contributed by atoms with Crippen LogP contribution in [-0.4, -0.2) is 38.2 Å². The molecule has 0 atom stereocenters. The molecule has 2 aromatic rings. The summed E-state index contributed by atoms with van der Waals surface area (Å²) >= 11 is 1.30. The molecule has 0 saturated carbocycles. The fourth-order valence-electron chi connectivity index (χ4n) is 1.90. The molecular weight excluding hydrogens is 376 g/mol. The molecule has 2 rings (SSSR count). The van der Waals surface area contributed by atoms with E-state index in [0.29, 0.717) is 10.9 Å². The summed E-state index contributed by atoms with van der Waals surface area (Å²) in [5.41, 5.74) is -0.144. The van der Waals surface area contributed by atoms with Crippen molar-refractivity contribution >= 4 is 32.4 Å². The van der Waals surface area contributed by atoms with Gasteiger partial charge in [0.25, 0.3) is 0 Å². The van der Waals surface area contributed by atoms with E-state index in [1.165, 1.54) is 30.6 Å². The Kier molecular flexibility index (Phi) is 6.32. The van der Waals surface area contributed by atoms with Gasteiger partial charge in [0.1, 0.15) is 10.8 Å². The molecule has 1 aromatic heterocycles. The molecule has 0 radical (unpaired) electrons. The van der Waals surface area contributed by atoms with Gasteiger partial charge in [0.15, 0.2) is 0 Å². The van der Waals surface area contributed by atoms with Crippen molar-refractivity contribution in [1.82, 2.24) is 14.9 Å². The summed E-state index contributed by atoms with van der Waals surface area (Å²) in [6.07, 6.45) is -0.0141. The smallest absolute Gasteiger partial charge is 0.240 e. The fourth-order valence-corrected chi connectivity index (χ4v) is 3.75. The van der Waals surface area contributed by atoms with E-state index >= 15 is 0 Å². The Balaban J connectivity index is 1.86. The van der Waals surface area contributed by atoms with Crippen LogP contribution in [0.15, 0.2) is 29.2 Å². The maximum absolute atomic E-state index is 12.2. The monoisotopic (exact) mass is 398 g/mol. The van der Waals surface area contributed by atoms with Crippen LogP contribution in [-0.2, 0) is 20.2 Å². The van der Waals surface area contributed by atoms with Gasteiger partial charge in [-0.05, 0) is 24.3 Å². The molecule has 8 nitrogen and oxygen atoms in total. The van der Waals surface area contributed by atoms with E-state index in [1.807, 2.05) is 20.8 Å². The molecule has 0 saturated heterocycles. The Morgan fingerprint density at radius 3 is 2.38 bits per heavy atom. The van der Waals surface area contributed by atoms with Gasteiger partial charge >= 0.3 is 0 Å². The molecule has 1 amide bonds. The maximum atomic E-state index is 12.2. The summed E-state index contributed by atoms with van der Waals surface area (Å²) in [4.78, 5) is 12.1. The predicted octanol–water partition coefficient (Wildman–Crippen LogP) is 2.15. The summed E-state index contributed by atoms with van der Waals surface area (Å²) in [6, 6.07) is 6.00. The Hall–Kier alpha value is -2.04. The van der Waals surface area contributed by atoms with E-state index in [1.54, 1.807) is 12.1 Å². The molecule has 0 aliphatic heterocycles. The van der Waals surface area contributed by atoms with Crippen molar-refractivity contribution in [2.75, 3.05) is 19.0 Å². The van der Waals surface area contributed by atoms with Crippen molar-refractivity contribution in [3.8, 4) is 5.75 Å². The van der Waals surface area contributed by atoms with Crippen LogP contribution in [0.5, 0.6) is 5.75 Å². The van der Waals surface area contributed by atoms with Gasteiger partial charge in [-0.1, -0.05) is 32.1 Å². The van der Waals surface area contributed by atoms with Crippen molar-refractivity contribution in [2.45, 2.75) is 37.5 Å².